The highest BCUT2D eigenvalue weighted by molar-refractivity contribution is 9.10. The molecule has 0 radical (unpaired) electrons. The Morgan fingerprint density at radius 3 is 2.87 bits per heavy atom. The van der Waals surface area contributed by atoms with Crippen LogP contribution in [0.15, 0.2) is 16.6 Å². The topological polar surface area (TPSA) is 32.3 Å². The average molecular weight is 270 g/mol. The van der Waals surface area contributed by atoms with Crippen LogP contribution < -0.4 is 5.32 Å². The maximum absolute atomic E-state index is 9.84. The Morgan fingerprint density at radius 1 is 1.40 bits per heavy atom. The Labute approximate surface area is 98.8 Å². The first-order valence-corrected chi connectivity index (χ1v) is 6.21. The first-order valence-electron chi connectivity index (χ1n) is 5.41. The van der Waals surface area contributed by atoms with Crippen molar-refractivity contribution in [3.63, 3.8) is 0 Å². The van der Waals surface area contributed by atoms with E-state index >= 15 is 0 Å². The number of phenols is 1. The van der Waals surface area contributed by atoms with Crippen LogP contribution >= 0.6 is 15.9 Å². The third-order valence-corrected chi connectivity index (χ3v) is 3.87. The van der Waals surface area contributed by atoms with E-state index in [4.69, 9.17) is 0 Å². The van der Waals surface area contributed by atoms with E-state index in [1.165, 1.54) is 18.4 Å². The number of nitrogens with one attached hydrogen (secondary N) is 1. The van der Waals surface area contributed by atoms with Gasteiger partial charge in [-0.15, -0.1) is 0 Å². The summed E-state index contributed by atoms with van der Waals surface area (Å²) in [4.78, 5) is 0. The van der Waals surface area contributed by atoms with Crippen molar-refractivity contribution in [2.45, 2.75) is 32.2 Å². The number of phenolic OH excluding ortho intramolecular Hbond substituents is 1. The zero-order valence-electron chi connectivity index (χ0n) is 8.89. The minimum absolute atomic E-state index is 0.375. The SMILES string of the molecule is Cc1ccc(C2CCCCN2)c(Br)c1O. The molecule has 1 aliphatic rings. The summed E-state index contributed by atoms with van der Waals surface area (Å²) in [5, 5.41) is 13.3. The van der Waals surface area contributed by atoms with Crippen LogP contribution in [0.3, 0.4) is 0 Å². The molecule has 1 fully saturated rings. The molecule has 3 heteroatoms. The zero-order chi connectivity index (χ0) is 10.8. The summed E-state index contributed by atoms with van der Waals surface area (Å²) in [7, 11) is 0. The molecule has 0 aromatic heterocycles. The molecule has 0 bridgehead atoms. The second kappa shape index (κ2) is 4.54. The second-order valence-electron chi connectivity index (χ2n) is 4.14. The predicted molar refractivity (Wildman–Crippen MR) is 65.1 cm³/mol. The van der Waals surface area contributed by atoms with E-state index in [-0.39, 0.29) is 0 Å². The quantitative estimate of drug-likeness (QED) is 0.820. The first kappa shape index (κ1) is 11.0. The van der Waals surface area contributed by atoms with Crippen molar-refractivity contribution in [2.24, 2.45) is 0 Å². The van der Waals surface area contributed by atoms with Crippen molar-refractivity contribution in [3.8, 4) is 5.75 Å². The molecule has 1 saturated heterocycles. The van der Waals surface area contributed by atoms with E-state index in [2.05, 4.69) is 27.3 Å². The molecule has 0 aliphatic carbocycles. The molecule has 1 aliphatic heterocycles. The van der Waals surface area contributed by atoms with Gasteiger partial charge in [0.2, 0.25) is 0 Å². The molecule has 15 heavy (non-hydrogen) atoms. The molecule has 1 aromatic rings. The summed E-state index contributed by atoms with van der Waals surface area (Å²) in [6.45, 7) is 2.99. The van der Waals surface area contributed by atoms with Gasteiger partial charge in [0.15, 0.2) is 0 Å². The Balaban J connectivity index is 2.31. The van der Waals surface area contributed by atoms with E-state index in [0.717, 1.165) is 23.0 Å². The highest BCUT2D eigenvalue weighted by Gasteiger charge is 2.19. The van der Waals surface area contributed by atoms with Crippen LogP contribution in [0.1, 0.15) is 36.4 Å². The molecule has 0 saturated carbocycles. The molecule has 2 rings (SSSR count). The van der Waals surface area contributed by atoms with Gasteiger partial charge < -0.3 is 10.4 Å². The summed E-state index contributed by atoms with van der Waals surface area (Å²) in [6.07, 6.45) is 3.67. The average Bonchev–Trinajstić information content (AvgIpc) is 2.27. The third kappa shape index (κ3) is 2.18. The molecule has 0 spiro atoms. The van der Waals surface area contributed by atoms with Gasteiger partial charge in [0.25, 0.3) is 0 Å². The first-order chi connectivity index (χ1) is 7.20. The molecular formula is C12H16BrNO. The monoisotopic (exact) mass is 269 g/mol. The van der Waals surface area contributed by atoms with Crippen LogP contribution in [0.2, 0.25) is 0 Å². The molecular weight excluding hydrogens is 254 g/mol. The van der Waals surface area contributed by atoms with Crippen LogP contribution in [-0.2, 0) is 0 Å². The van der Waals surface area contributed by atoms with Gasteiger partial charge >= 0.3 is 0 Å². The summed E-state index contributed by atoms with van der Waals surface area (Å²) >= 11 is 3.48. The van der Waals surface area contributed by atoms with Crippen LogP contribution in [0.4, 0.5) is 0 Å². The number of hydrogen-bond donors (Lipinski definition) is 2. The lowest BCUT2D eigenvalue weighted by molar-refractivity contribution is 0.407. The van der Waals surface area contributed by atoms with E-state index in [0.29, 0.717) is 11.8 Å². The number of aromatic hydroxyl groups is 1. The van der Waals surface area contributed by atoms with Gasteiger partial charge in [0.1, 0.15) is 5.75 Å². The summed E-state index contributed by atoms with van der Waals surface area (Å²) < 4.78 is 0.849. The Kier molecular flexibility index (Phi) is 3.32. The van der Waals surface area contributed by atoms with E-state index < -0.39 is 0 Å². The molecule has 1 heterocycles. The predicted octanol–water partition coefficient (Wildman–Crippen LogP) is 3.28. The summed E-state index contributed by atoms with van der Waals surface area (Å²) in [5.41, 5.74) is 2.10. The van der Waals surface area contributed by atoms with Crippen molar-refractivity contribution in [2.75, 3.05) is 6.54 Å². The Morgan fingerprint density at radius 2 is 2.20 bits per heavy atom. The fraction of sp³-hybridized carbons (Fsp3) is 0.500. The number of halogens is 1. The summed E-state index contributed by atoms with van der Waals surface area (Å²) in [6, 6.07) is 4.47. The fourth-order valence-corrected chi connectivity index (χ4v) is 2.78. The van der Waals surface area contributed by atoms with Crippen molar-refractivity contribution < 1.29 is 5.11 Å². The van der Waals surface area contributed by atoms with Crippen molar-refractivity contribution in [3.05, 3.63) is 27.7 Å². The van der Waals surface area contributed by atoms with Crippen molar-refractivity contribution >= 4 is 15.9 Å². The highest BCUT2D eigenvalue weighted by Crippen LogP contribution is 2.36. The second-order valence-corrected chi connectivity index (χ2v) is 4.93. The van der Waals surface area contributed by atoms with E-state index in [1.807, 2.05) is 13.0 Å². The maximum Gasteiger partial charge on any atom is 0.132 e. The molecule has 82 valence electrons. The van der Waals surface area contributed by atoms with Gasteiger partial charge in [-0.3, -0.25) is 0 Å². The van der Waals surface area contributed by atoms with Gasteiger partial charge in [-0.25, -0.2) is 0 Å². The van der Waals surface area contributed by atoms with Gasteiger partial charge in [-0.1, -0.05) is 18.6 Å². The molecule has 1 atom stereocenters. The van der Waals surface area contributed by atoms with Crippen molar-refractivity contribution in [1.82, 2.24) is 5.32 Å². The minimum Gasteiger partial charge on any atom is -0.506 e. The standard InChI is InChI=1S/C12H16BrNO/c1-8-5-6-9(11(13)12(8)15)10-4-2-3-7-14-10/h5-6,10,14-15H,2-4,7H2,1H3. The number of benzene rings is 1. The zero-order valence-corrected chi connectivity index (χ0v) is 10.5. The lowest BCUT2D eigenvalue weighted by atomic mass is 9.96. The Bertz CT molecular complexity index is 359. The maximum atomic E-state index is 9.84. The minimum atomic E-state index is 0.375. The molecule has 1 unspecified atom stereocenters. The van der Waals surface area contributed by atoms with Crippen LogP contribution in [-0.4, -0.2) is 11.7 Å². The largest absolute Gasteiger partial charge is 0.506 e. The lowest BCUT2D eigenvalue weighted by Gasteiger charge is -2.25. The van der Waals surface area contributed by atoms with Gasteiger partial charge in [0, 0.05) is 6.04 Å². The van der Waals surface area contributed by atoms with Crippen molar-refractivity contribution in [1.29, 1.82) is 0 Å². The summed E-state index contributed by atoms with van der Waals surface area (Å²) in [5.74, 6) is 0.375. The van der Waals surface area contributed by atoms with Crippen LogP contribution in [0.5, 0.6) is 5.75 Å². The molecule has 1 aromatic carbocycles. The van der Waals surface area contributed by atoms with E-state index in [1.54, 1.807) is 0 Å². The van der Waals surface area contributed by atoms with E-state index in [9.17, 15) is 5.11 Å². The number of aryl methyl sites for hydroxylation is 1. The third-order valence-electron chi connectivity index (χ3n) is 3.03. The van der Waals surface area contributed by atoms with Crippen LogP contribution in [0.25, 0.3) is 0 Å². The highest BCUT2D eigenvalue weighted by atomic mass is 79.9. The molecule has 0 amide bonds. The smallest absolute Gasteiger partial charge is 0.132 e. The molecule has 2 N–H and O–H groups in total. The fourth-order valence-electron chi connectivity index (χ4n) is 2.06. The molecule has 2 nitrogen and oxygen atoms in total. The van der Waals surface area contributed by atoms with Gasteiger partial charge in [0.05, 0.1) is 4.47 Å². The van der Waals surface area contributed by atoms with Crippen LogP contribution in [0, 0.1) is 6.92 Å². The lowest BCUT2D eigenvalue weighted by Crippen LogP contribution is -2.27. The Hall–Kier alpha value is -0.540. The number of piperidine rings is 1. The van der Waals surface area contributed by atoms with Gasteiger partial charge in [-0.05, 0) is 53.4 Å². The number of hydrogen-bond acceptors (Lipinski definition) is 2. The normalized spacial score (nSPS) is 21.6. The number of rotatable bonds is 1. The van der Waals surface area contributed by atoms with Gasteiger partial charge in [-0.2, -0.15) is 0 Å².